The largest absolute Gasteiger partial charge is 0.494 e. The minimum Gasteiger partial charge on any atom is -0.494 e. The lowest BCUT2D eigenvalue weighted by molar-refractivity contribution is -0.128. The summed E-state index contributed by atoms with van der Waals surface area (Å²) in [6, 6.07) is 2.02. The number of fused-ring (bicyclic) bond motifs is 1. The molecular weight excluding hydrogens is 406 g/mol. The molecule has 8 heteroatoms. The first-order valence-corrected chi connectivity index (χ1v) is 10.3. The number of pyridine rings is 1. The van der Waals surface area contributed by atoms with Crippen molar-refractivity contribution in [1.82, 2.24) is 19.8 Å². The lowest BCUT2D eigenvalue weighted by atomic mass is 10.1. The summed E-state index contributed by atoms with van der Waals surface area (Å²) < 4.78 is 5.36. The van der Waals surface area contributed by atoms with E-state index in [1.165, 1.54) is 13.3 Å². The molecule has 0 bridgehead atoms. The average molecular weight is 429 g/mol. The molecule has 0 radical (unpaired) electrons. The van der Waals surface area contributed by atoms with Gasteiger partial charge in [0.25, 0.3) is 5.91 Å². The Kier molecular flexibility index (Phi) is 5.90. The van der Waals surface area contributed by atoms with Crippen LogP contribution in [0.4, 0.5) is 0 Å². The molecule has 0 spiro atoms. The molecule has 1 fully saturated rings. The quantitative estimate of drug-likeness (QED) is 0.579. The van der Waals surface area contributed by atoms with Gasteiger partial charge in [-0.1, -0.05) is 30.9 Å². The predicted octanol–water partition coefficient (Wildman–Crippen LogP) is 2.73. The second kappa shape index (κ2) is 8.94. The zero-order valence-corrected chi connectivity index (χ0v) is 17.8. The molecule has 2 aliphatic rings. The molecule has 1 saturated heterocycles. The number of nitrogens with zero attached hydrogens (tertiary/aromatic N) is 4. The topological polar surface area (TPSA) is 102 Å². The molecule has 1 aliphatic heterocycles. The molecule has 1 N–H and O–H groups in total. The maximum Gasteiger partial charge on any atom is 0.253 e. The Bertz CT molecular complexity index is 1220. The molecule has 32 heavy (non-hydrogen) atoms. The summed E-state index contributed by atoms with van der Waals surface area (Å²) in [7, 11) is 1.49. The number of carbonyl (C=O) groups excluding carboxylic acids is 2. The second-order valence-corrected chi connectivity index (χ2v) is 7.48. The molecule has 2 aromatic heterocycles. The van der Waals surface area contributed by atoms with Gasteiger partial charge in [-0.2, -0.15) is 5.26 Å². The number of methoxy groups -OCH3 is 1. The molecule has 4 rings (SSSR count). The second-order valence-electron chi connectivity index (χ2n) is 7.48. The van der Waals surface area contributed by atoms with Gasteiger partial charge in [0, 0.05) is 37.9 Å². The molecule has 162 valence electrons. The molecule has 2 aromatic rings. The SMILES string of the molecule is C=C(C(=O)c1c[nH]c2c(C#N)ncc(OC)c12)N1CCN(C(=O)C2=CCC=CC=C2)CC1. The van der Waals surface area contributed by atoms with Crippen molar-refractivity contribution in [2.24, 2.45) is 0 Å². The Morgan fingerprint density at radius 2 is 1.97 bits per heavy atom. The van der Waals surface area contributed by atoms with E-state index in [4.69, 9.17) is 4.74 Å². The highest BCUT2D eigenvalue weighted by atomic mass is 16.5. The van der Waals surface area contributed by atoms with Gasteiger partial charge in [-0.05, 0) is 12.5 Å². The molecule has 0 atom stereocenters. The number of ketones is 1. The molecule has 8 nitrogen and oxygen atoms in total. The summed E-state index contributed by atoms with van der Waals surface area (Å²) >= 11 is 0. The van der Waals surface area contributed by atoms with E-state index >= 15 is 0 Å². The third-order valence-electron chi connectivity index (χ3n) is 5.70. The van der Waals surface area contributed by atoms with Crippen LogP contribution in [0.25, 0.3) is 10.9 Å². The van der Waals surface area contributed by atoms with Gasteiger partial charge >= 0.3 is 0 Å². The molecule has 0 saturated carbocycles. The Morgan fingerprint density at radius 1 is 1.22 bits per heavy atom. The third kappa shape index (κ3) is 3.81. The number of aromatic amines is 1. The smallest absolute Gasteiger partial charge is 0.253 e. The van der Waals surface area contributed by atoms with Gasteiger partial charge in [-0.25, -0.2) is 4.98 Å². The van der Waals surface area contributed by atoms with E-state index in [1.54, 1.807) is 11.1 Å². The van der Waals surface area contributed by atoms with Crippen LogP contribution in [0.3, 0.4) is 0 Å². The summed E-state index contributed by atoms with van der Waals surface area (Å²) in [6.07, 6.45) is 13.3. The monoisotopic (exact) mass is 429 g/mol. The number of Topliss-reactive ketones (excluding diaryl/α,β-unsaturated/α-hetero) is 1. The number of hydrogen-bond acceptors (Lipinski definition) is 6. The van der Waals surface area contributed by atoms with E-state index in [2.05, 4.69) is 16.5 Å². The lowest BCUT2D eigenvalue weighted by Crippen LogP contribution is -2.49. The minimum absolute atomic E-state index is 0.000522. The number of carbonyl (C=O) groups is 2. The van der Waals surface area contributed by atoms with Crippen molar-refractivity contribution in [1.29, 1.82) is 5.26 Å². The van der Waals surface area contributed by atoms with Crippen LogP contribution in [0.1, 0.15) is 22.5 Å². The average Bonchev–Trinajstić information content (AvgIpc) is 3.10. The molecule has 1 aliphatic carbocycles. The van der Waals surface area contributed by atoms with Crippen molar-refractivity contribution < 1.29 is 14.3 Å². The number of hydrogen-bond donors (Lipinski definition) is 1. The normalized spacial score (nSPS) is 15.8. The fourth-order valence-corrected chi connectivity index (χ4v) is 3.94. The number of nitrogens with one attached hydrogen (secondary N) is 1. The highest BCUT2D eigenvalue weighted by Gasteiger charge is 2.28. The fraction of sp³-hybridized carbons (Fsp3) is 0.250. The zero-order chi connectivity index (χ0) is 22.7. The van der Waals surface area contributed by atoms with Gasteiger partial charge in [0.05, 0.1) is 35.5 Å². The van der Waals surface area contributed by atoms with Gasteiger partial charge in [-0.3, -0.25) is 9.59 Å². The summed E-state index contributed by atoms with van der Waals surface area (Å²) in [6.45, 7) is 6.04. The third-order valence-corrected chi connectivity index (χ3v) is 5.70. The highest BCUT2D eigenvalue weighted by molar-refractivity contribution is 6.17. The summed E-state index contributed by atoms with van der Waals surface area (Å²) in [5, 5.41) is 9.83. The van der Waals surface area contributed by atoms with Crippen LogP contribution in [0.5, 0.6) is 5.75 Å². The van der Waals surface area contributed by atoms with E-state index in [-0.39, 0.29) is 17.4 Å². The summed E-state index contributed by atoms with van der Waals surface area (Å²) in [4.78, 5) is 36.8. The first kappa shape index (κ1) is 21.1. The number of amides is 1. The van der Waals surface area contributed by atoms with Crippen molar-refractivity contribution in [3.8, 4) is 11.8 Å². The molecule has 3 heterocycles. The van der Waals surface area contributed by atoms with Crippen molar-refractivity contribution in [2.75, 3.05) is 33.3 Å². The highest BCUT2D eigenvalue weighted by Crippen LogP contribution is 2.31. The number of allylic oxidation sites excluding steroid dienone is 5. The Balaban J connectivity index is 1.48. The maximum atomic E-state index is 13.3. The van der Waals surface area contributed by atoms with Crippen LogP contribution in [-0.2, 0) is 4.79 Å². The van der Waals surface area contributed by atoms with Crippen molar-refractivity contribution in [3.05, 3.63) is 71.9 Å². The Hall–Kier alpha value is -4.12. The van der Waals surface area contributed by atoms with E-state index in [1.807, 2.05) is 41.3 Å². The Labute approximate surface area is 185 Å². The van der Waals surface area contributed by atoms with Crippen molar-refractivity contribution >= 4 is 22.6 Å². The van der Waals surface area contributed by atoms with Gasteiger partial charge in [0.15, 0.2) is 5.69 Å². The van der Waals surface area contributed by atoms with E-state index in [0.29, 0.717) is 59.7 Å². The molecule has 0 aromatic carbocycles. The Morgan fingerprint density at radius 3 is 2.69 bits per heavy atom. The first-order chi connectivity index (χ1) is 15.5. The van der Waals surface area contributed by atoms with Crippen LogP contribution >= 0.6 is 0 Å². The van der Waals surface area contributed by atoms with Crippen molar-refractivity contribution in [3.63, 3.8) is 0 Å². The van der Waals surface area contributed by atoms with Gasteiger partial charge in [0.1, 0.15) is 11.8 Å². The van der Waals surface area contributed by atoms with E-state index < -0.39 is 0 Å². The van der Waals surface area contributed by atoms with Crippen LogP contribution in [-0.4, -0.2) is 64.7 Å². The number of rotatable bonds is 5. The minimum atomic E-state index is -0.259. The van der Waals surface area contributed by atoms with Crippen LogP contribution in [0.2, 0.25) is 0 Å². The standard InChI is InChI=1S/C24H23N5O3/c1-16(23(30)18-14-27-22-19(13-25)26-15-20(32-2)21(18)22)28-9-11-29(12-10-28)24(31)17-7-5-3-4-6-8-17/h3-5,7-8,14-15,27H,1,6,9-12H2,2H3. The molecule has 0 unspecified atom stereocenters. The number of H-pyrrole nitrogens is 1. The number of piperazine rings is 1. The first-order valence-electron chi connectivity index (χ1n) is 10.3. The van der Waals surface area contributed by atoms with Crippen LogP contribution < -0.4 is 4.74 Å². The van der Waals surface area contributed by atoms with Gasteiger partial charge in [-0.15, -0.1) is 0 Å². The van der Waals surface area contributed by atoms with Crippen LogP contribution in [0, 0.1) is 11.3 Å². The van der Waals surface area contributed by atoms with Crippen molar-refractivity contribution in [2.45, 2.75) is 6.42 Å². The van der Waals surface area contributed by atoms with E-state index in [9.17, 15) is 14.9 Å². The maximum absolute atomic E-state index is 13.3. The summed E-state index contributed by atoms with van der Waals surface area (Å²) in [5.41, 5.74) is 2.05. The number of nitriles is 1. The van der Waals surface area contributed by atoms with E-state index in [0.717, 1.165) is 6.42 Å². The lowest BCUT2D eigenvalue weighted by Gasteiger charge is -2.36. The van der Waals surface area contributed by atoms with Crippen LogP contribution in [0.15, 0.2) is 60.6 Å². The fourth-order valence-electron chi connectivity index (χ4n) is 3.94. The van der Waals surface area contributed by atoms with Gasteiger partial charge in [0.2, 0.25) is 5.78 Å². The zero-order valence-electron chi connectivity index (χ0n) is 17.8. The predicted molar refractivity (Wildman–Crippen MR) is 120 cm³/mol. The molecule has 1 amide bonds. The number of aromatic nitrogens is 2. The van der Waals surface area contributed by atoms with Gasteiger partial charge < -0.3 is 19.5 Å². The number of ether oxygens (including phenoxy) is 1. The summed E-state index contributed by atoms with van der Waals surface area (Å²) in [5.74, 6) is 0.148. The molecular formula is C24H23N5O3.